The maximum Gasteiger partial charge on any atom is 0.405 e. The molecule has 0 bridgehead atoms. The van der Waals surface area contributed by atoms with E-state index in [1.165, 1.54) is 0 Å². The van der Waals surface area contributed by atoms with Crippen molar-refractivity contribution in [1.29, 1.82) is 0 Å². The van der Waals surface area contributed by atoms with Gasteiger partial charge in [0, 0.05) is 18.5 Å². The number of carbonyl (C=O) groups excluding carboxylic acids is 1. The molecule has 1 heterocycles. The summed E-state index contributed by atoms with van der Waals surface area (Å²) in [6.07, 6.45) is 3.81. The fourth-order valence-corrected chi connectivity index (χ4v) is 3.61. The molecule has 0 aromatic heterocycles. The highest BCUT2D eigenvalue weighted by Crippen LogP contribution is 2.49. The van der Waals surface area contributed by atoms with E-state index in [1.54, 1.807) is 0 Å². The lowest BCUT2D eigenvalue weighted by atomic mass is 9.97. The standard InChI is InChI=1S/C13H26ClN2O4P/c1-13(2)10-19-21(18,20-11-13)16-8-6-4-3-5-7-15-12(17)9-14/h3-11H2,1-2H3,(H,15,17)(H,16,18). The van der Waals surface area contributed by atoms with Gasteiger partial charge in [0.05, 0.1) is 13.2 Å². The van der Waals surface area contributed by atoms with E-state index >= 15 is 0 Å². The first-order chi connectivity index (χ1) is 9.87. The van der Waals surface area contributed by atoms with Crippen molar-refractivity contribution in [3.63, 3.8) is 0 Å². The van der Waals surface area contributed by atoms with Gasteiger partial charge in [0.25, 0.3) is 0 Å². The summed E-state index contributed by atoms with van der Waals surface area (Å²) in [6.45, 7) is 6.17. The Bertz CT molecular complexity index is 365. The molecule has 0 radical (unpaired) electrons. The zero-order valence-electron chi connectivity index (χ0n) is 12.8. The van der Waals surface area contributed by atoms with Crippen molar-refractivity contribution in [1.82, 2.24) is 10.4 Å². The quantitative estimate of drug-likeness (QED) is 0.383. The number of nitrogens with one attached hydrogen (secondary N) is 2. The van der Waals surface area contributed by atoms with Crippen LogP contribution in [0.2, 0.25) is 0 Å². The Balaban J connectivity index is 1.99. The van der Waals surface area contributed by atoms with Crippen LogP contribution in [-0.2, 0) is 18.4 Å². The lowest BCUT2D eigenvalue weighted by Gasteiger charge is -2.33. The lowest BCUT2D eigenvalue weighted by Crippen LogP contribution is -2.33. The second-order valence-electron chi connectivity index (χ2n) is 6.01. The lowest BCUT2D eigenvalue weighted by molar-refractivity contribution is -0.118. The molecule has 1 aliphatic rings. The molecular weight excluding hydrogens is 315 g/mol. The Morgan fingerprint density at radius 1 is 1.14 bits per heavy atom. The monoisotopic (exact) mass is 340 g/mol. The fourth-order valence-electron chi connectivity index (χ4n) is 1.78. The largest absolute Gasteiger partial charge is 0.405 e. The molecular formula is C13H26ClN2O4P. The zero-order chi connectivity index (χ0) is 15.8. The van der Waals surface area contributed by atoms with Crippen molar-refractivity contribution in [2.45, 2.75) is 39.5 Å². The molecule has 0 atom stereocenters. The van der Waals surface area contributed by atoms with E-state index < -0.39 is 7.75 Å². The Hall–Kier alpha value is -0.130. The number of amides is 1. The first kappa shape index (κ1) is 18.9. The topological polar surface area (TPSA) is 76.7 Å². The Labute approximate surface area is 131 Å². The summed E-state index contributed by atoms with van der Waals surface area (Å²) in [5, 5.41) is 5.60. The van der Waals surface area contributed by atoms with Crippen molar-refractivity contribution in [3.8, 4) is 0 Å². The molecule has 0 saturated carbocycles. The third-order valence-electron chi connectivity index (χ3n) is 3.10. The maximum atomic E-state index is 12.1. The van der Waals surface area contributed by atoms with Crippen LogP contribution in [0.4, 0.5) is 0 Å². The molecule has 1 saturated heterocycles. The summed E-state index contributed by atoms with van der Waals surface area (Å²) in [7, 11) is -3.09. The summed E-state index contributed by atoms with van der Waals surface area (Å²) in [4.78, 5) is 10.9. The average Bonchev–Trinajstić information content (AvgIpc) is 2.45. The Morgan fingerprint density at radius 2 is 1.71 bits per heavy atom. The van der Waals surface area contributed by atoms with E-state index in [9.17, 15) is 9.36 Å². The molecule has 1 aliphatic heterocycles. The van der Waals surface area contributed by atoms with Gasteiger partial charge in [-0.1, -0.05) is 26.7 Å². The average molecular weight is 341 g/mol. The van der Waals surface area contributed by atoms with Crippen molar-refractivity contribution in [2.75, 3.05) is 32.2 Å². The molecule has 1 rings (SSSR count). The number of carbonyl (C=O) groups is 1. The SMILES string of the molecule is CC1(C)COP(=O)(NCCCCCCNC(=O)CCl)OC1. The van der Waals surface area contributed by atoms with Crippen molar-refractivity contribution < 1.29 is 18.4 Å². The summed E-state index contributed by atoms with van der Waals surface area (Å²) in [6, 6.07) is 0. The van der Waals surface area contributed by atoms with Gasteiger partial charge in [0.2, 0.25) is 5.91 Å². The minimum absolute atomic E-state index is 0.00993. The normalized spacial score (nSPS) is 20.1. The number of halogens is 1. The fraction of sp³-hybridized carbons (Fsp3) is 0.923. The highest BCUT2D eigenvalue weighted by Gasteiger charge is 2.36. The van der Waals surface area contributed by atoms with Crippen LogP contribution in [0.5, 0.6) is 0 Å². The van der Waals surface area contributed by atoms with Crippen molar-refractivity contribution in [2.24, 2.45) is 5.41 Å². The van der Waals surface area contributed by atoms with Crippen LogP contribution in [-0.4, -0.2) is 38.1 Å². The first-order valence-corrected chi connectivity index (χ1v) is 9.42. The van der Waals surface area contributed by atoms with Crippen molar-refractivity contribution >= 4 is 25.3 Å². The molecule has 1 fully saturated rings. The molecule has 21 heavy (non-hydrogen) atoms. The number of alkyl halides is 1. The number of unbranched alkanes of at least 4 members (excludes halogenated alkanes) is 3. The van der Waals surface area contributed by atoms with Gasteiger partial charge in [-0.05, 0) is 12.8 Å². The molecule has 6 nitrogen and oxygen atoms in total. The zero-order valence-corrected chi connectivity index (χ0v) is 14.5. The summed E-state index contributed by atoms with van der Waals surface area (Å²) in [5.74, 6) is -0.123. The molecule has 1 amide bonds. The summed E-state index contributed by atoms with van der Waals surface area (Å²) >= 11 is 5.37. The van der Waals surface area contributed by atoms with E-state index in [0.717, 1.165) is 25.7 Å². The van der Waals surface area contributed by atoms with Gasteiger partial charge in [-0.15, -0.1) is 11.6 Å². The van der Waals surface area contributed by atoms with E-state index in [-0.39, 0.29) is 17.2 Å². The van der Waals surface area contributed by atoms with Crippen LogP contribution in [0, 0.1) is 5.41 Å². The highest BCUT2D eigenvalue weighted by molar-refractivity contribution is 7.51. The molecule has 0 unspecified atom stereocenters. The molecule has 8 heteroatoms. The molecule has 0 aromatic rings. The third-order valence-corrected chi connectivity index (χ3v) is 4.89. The summed E-state index contributed by atoms with van der Waals surface area (Å²) in [5.41, 5.74) is -0.0803. The second-order valence-corrected chi connectivity index (χ2v) is 8.11. The first-order valence-electron chi connectivity index (χ1n) is 7.34. The van der Waals surface area contributed by atoms with E-state index in [4.69, 9.17) is 20.6 Å². The van der Waals surface area contributed by atoms with Crippen LogP contribution in [0.25, 0.3) is 0 Å². The highest BCUT2D eigenvalue weighted by atomic mass is 35.5. The number of rotatable bonds is 9. The molecule has 0 aliphatic carbocycles. The van der Waals surface area contributed by atoms with E-state index in [2.05, 4.69) is 10.4 Å². The van der Waals surface area contributed by atoms with Gasteiger partial charge in [0.15, 0.2) is 0 Å². The number of hydrogen-bond acceptors (Lipinski definition) is 4. The van der Waals surface area contributed by atoms with Gasteiger partial charge >= 0.3 is 7.75 Å². The molecule has 0 spiro atoms. The minimum atomic E-state index is -3.09. The van der Waals surface area contributed by atoms with Gasteiger partial charge in [-0.2, -0.15) is 0 Å². The van der Waals surface area contributed by atoms with Crippen molar-refractivity contribution in [3.05, 3.63) is 0 Å². The van der Waals surface area contributed by atoms with Crippen LogP contribution in [0.3, 0.4) is 0 Å². The molecule has 0 aromatic carbocycles. The van der Waals surface area contributed by atoms with Gasteiger partial charge in [-0.25, -0.2) is 9.65 Å². The smallest absolute Gasteiger partial charge is 0.355 e. The predicted octanol–water partition coefficient (Wildman–Crippen LogP) is 2.67. The Kier molecular flexibility index (Phi) is 8.21. The van der Waals surface area contributed by atoms with Gasteiger partial charge < -0.3 is 5.32 Å². The Morgan fingerprint density at radius 3 is 2.29 bits per heavy atom. The van der Waals surface area contributed by atoms with Gasteiger partial charge in [-0.3, -0.25) is 13.8 Å². The second kappa shape index (κ2) is 9.11. The molecule has 2 N–H and O–H groups in total. The maximum absolute atomic E-state index is 12.1. The van der Waals surface area contributed by atoms with Crippen LogP contribution >= 0.6 is 19.3 Å². The minimum Gasteiger partial charge on any atom is -0.355 e. The van der Waals surface area contributed by atoms with Crippen LogP contribution in [0.1, 0.15) is 39.5 Å². The predicted molar refractivity (Wildman–Crippen MR) is 83.5 cm³/mol. The molecule has 124 valence electrons. The van der Waals surface area contributed by atoms with Crippen LogP contribution in [0.15, 0.2) is 0 Å². The van der Waals surface area contributed by atoms with E-state index in [1.807, 2.05) is 13.8 Å². The third kappa shape index (κ3) is 8.17. The van der Waals surface area contributed by atoms with Gasteiger partial charge in [0.1, 0.15) is 5.88 Å². The summed E-state index contributed by atoms with van der Waals surface area (Å²) < 4.78 is 22.8. The van der Waals surface area contributed by atoms with Crippen LogP contribution < -0.4 is 10.4 Å². The van der Waals surface area contributed by atoms with E-state index in [0.29, 0.717) is 26.3 Å². The number of hydrogen-bond donors (Lipinski definition) is 2.